The molecular formula is C18H17NO2. The van der Waals surface area contributed by atoms with E-state index in [1.54, 1.807) is 18.2 Å². The number of ketones is 1. The molecule has 0 aliphatic heterocycles. The lowest BCUT2D eigenvalue weighted by Crippen LogP contribution is -2.23. The normalized spacial score (nSPS) is 13.8. The van der Waals surface area contributed by atoms with Crippen molar-refractivity contribution in [2.24, 2.45) is 5.92 Å². The fourth-order valence-electron chi connectivity index (χ4n) is 2.80. The highest BCUT2D eigenvalue weighted by atomic mass is 16.2. The first kappa shape index (κ1) is 13.6. The van der Waals surface area contributed by atoms with Crippen molar-refractivity contribution in [2.75, 3.05) is 5.32 Å². The number of hydrogen-bond acceptors (Lipinski definition) is 2. The molecule has 1 aliphatic rings. The van der Waals surface area contributed by atoms with Gasteiger partial charge in [-0.2, -0.15) is 0 Å². The second-order valence-corrected chi connectivity index (χ2v) is 5.50. The molecule has 3 nitrogen and oxygen atoms in total. The summed E-state index contributed by atoms with van der Waals surface area (Å²) in [6.07, 6.45) is 1.57. The van der Waals surface area contributed by atoms with Crippen molar-refractivity contribution in [3.05, 3.63) is 65.2 Å². The average molecular weight is 279 g/mol. The Hall–Kier alpha value is -2.42. The molecule has 1 N–H and O–H groups in total. The van der Waals surface area contributed by atoms with Crippen LogP contribution in [-0.4, -0.2) is 11.7 Å². The number of Topliss-reactive ketones (excluding diaryl/α,β-unsaturated/α-hetero) is 1. The molecule has 0 spiro atoms. The Labute approximate surface area is 124 Å². The number of rotatable bonds is 3. The molecule has 3 rings (SSSR count). The molecule has 0 heterocycles. The van der Waals surface area contributed by atoms with Gasteiger partial charge in [-0.1, -0.05) is 36.4 Å². The molecule has 0 atom stereocenters. The van der Waals surface area contributed by atoms with E-state index < -0.39 is 0 Å². The van der Waals surface area contributed by atoms with Crippen LogP contribution in [0, 0.1) is 5.92 Å². The van der Waals surface area contributed by atoms with Crippen LogP contribution >= 0.6 is 0 Å². The summed E-state index contributed by atoms with van der Waals surface area (Å²) >= 11 is 0. The Balaban J connectivity index is 1.71. The van der Waals surface area contributed by atoms with E-state index in [4.69, 9.17) is 0 Å². The van der Waals surface area contributed by atoms with E-state index in [-0.39, 0.29) is 17.6 Å². The first-order valence-corrected chi connectivity index (χ1v) is 7.12. The first-order chi connectivity index (χ1) is 10.1. The largest absolute Gasteiger partial charge is 0.326 e. The number of anilines is 1. The lowest BCUT2D eigenvalue weighted by Gasteiger charge is -2.11. The van der Waals surface area contributed by atoms with E-state index >= 15 is 0 Å². The predicted molar refractivity (Wildman–Crippen MR) is 82.4 cm³/mol. The van der Waals surface area contributed by atoms with Crippen molar-refractivity contribution in [3.63, 3.8) is 0 Å². The van der Waals surface area contributed by atoms with Crippen LogP contribution in [0.4, 0.5) is 5.69 Å². The predicted octanol–water partition coefficient (Wildman–Crippen LogP) is 3.24. The van der Waals surface area contributed by atoms with Gasteiger partial charge < -0.3 is 5.32 Å². The lowest BCUT2D eigenvalue weighted by molar-refractivity contribution is -0.119. The lowest BCUT2D eigenvalue weighted by atomic mass is 10.1. The van der Waals surface area contributed by atoms with E-state index in [0.717, 1.165) is 12.8 Å². The highest BCUT2D eigenvalue weighted by molar-refractivity contribution is 5.97. The van der Waals surface area contributed by atoms with E-state index in [1.165, 1.54) is 18.1 Å². The molecule has 0 fully saturated rings. The summed E-state index contributed by atoms with van der Waals surface area (Å²) in [6, 6.07) is 15.3. The molecule has 0 radical (unpaired) electrons. The average Bonchev–Trinajstić information content (AvgIpc) is 2.91. The second kappa shape index (κ2) is 5.52. The monoisotopic (exact) mass is 279 g/mol. The van der Waals surface area contributed by atoms with Gasteiger partial charge in [0.05, 0.1) is 0 Å². The van der Waals surface area contributed by atoms with Crippen LogP contribution in [0.25, 0.3) is 0 Å². The minimum atomic E-state index is -0.0246. The molecule has 0 aromatic heterocycles. The van der Waals surface area contributed by atoms with Gasteiger partial charge in [-0.15, -0.1) is 0 Å². The molecule has 0 saturated carbocycles. The topological polar surface area (TPSA) is 46.2 Å². The maximum atomic E-state index is 12.4. The van der Waals surface area contributed by atoms with Crippen molar-refractivity contribution in [1.29, 1.82) is 0 Å². The van der Waals surface area contributed by atoms with Gasteiger partial charge in [-0.05, 0) is 43.0 Å². The minimum absolute atomic E-state index is 0.000583. The van der Waals surface area contributed by atoms with E-state index in [2.05, 4.69) is 17.4 Å². The smallest absolute Gasteiger partial charge is 0.228 e. The Kier molecular flexibility index (Phi) is 3.57. The van der Waals surface area contributed by atoms with Crippen molar-refractivity contribution in [2.45, 2.75) is 19.8 Å². The van der Waals surface area contributed by atoms with Gasteiger partial charge in [-0.25, -0.2) is 0 Å². The van der Waals surface area contributed by atoms with Crippen LogP contribution < -0.4 is 5.32 Å². The fraction of sp³-hybridized carbons (Fsp3) is 0.222. The van der Waals surface area contributed by atoms with Crippen LogP contribution in [0.1, 0.15) is 28.4 Å². The van der Waals surface area contributed by atoms with E-state index in [1.807, 2.05) is 18.2 Å². The van der Waals surface area contributed by atoms with Crippen LogP contribution in [0.15, 0.2) is 48.5 Å². The highest BCUT2D eigenvalue weighted by Gasteiger charge is 2.27. The van der Waals surface area contributed by atoms with Gasteiger partial charge in [0, 0.05) is 17.2 Å². The molecule has 1 aliphatic carbocycles. The van der Waals surface area contributed by atoms with Gasteiger partial charge in [0.25, 0.3) is 0 Å². The highest BCUT2D eigenvalue weighted by Crippen LogP contribution is 2.27. The number of amides is 1. The van der Waals surface area contributed by atoms with Gasteiger partial charge in [0.2, 0.25) is 5.91 Å². The fourth-order valence-corrected chi connectivity index (χ4v) is 2.80. The number of carbonyl (C=O) groups excluding carboxylic acids is 2. The summed E-state index contributed by atoms with van der Waals surface area (Å²) in [5.41, 5.74) is 3.82. The molecule has 3 heteroatoms. The van der Waals surface area contributed by atoms with Gasteiger partial charge in [0.1, 0.15) is 0 Å². The Bertz CT molecular complexity index is 681. The molecule has 106 valence electrons. The third-order valence-corrected chi connectivity index (χ3v) is 3.96. The van der Waals surface area contributed by atoms with E-state index in [0.29, 0.717) is 11.3 Å². The van der Waals surface area contributed by atoms with Crippen LogP contribution in [-0.2, 0) is 17.6 Å². The number of nitrogens with one attached hydrogen (secondary N) is 1. The molecule has 2 aromatic carbocycles. The number of benzene rings is 2. The van der Waals surface area contributed by atoms with Gasteiger partial charge >= 0.3 is 0 Å². The van der Waals surface area contributed by atoms with Crippen LogP contribution in [0.5, 0.6) is 0 Å². The van der Waals surface area contributed by atoms with Crippen molar-refractivity contribution >= 4 is 17.4 Å². The zero-order chi connectivity index (χ0) is 14.8. The molecule has 2 aromatic rings. The summed E-state index contributed by atoms with van der Waals surface area (Å²) in [5, 5.41) is 2.92. The Morgan fingerprint density at radius 3 is 2.29 bits per heavy atom. The minimum Gasteiger partial charge on any atom is -0.326 e. The molecule has 21 heavy (non-hydrogen) atoms. The molecule has 1 amide bonds. The maximum absolute atomic E-state index is 12.4. The Morgan fingerprint density at radius 2 is 1.67 bits per heavy atom. The van der Waals surface area contributed by atoms with Gasteiger partial charge in [-0.3, -0.25) is 9.59 Å². The summed E-state index contributed by atoms with van der Waals surface area (Å²) in [6.45, 7) is 1.52. The van der Waals surface area contributed by atoms with Crippen LogP contribution in [0.3, 0.4) is 0 Å². The SMILES string of the molecule is CC(=O)c1cccc(NC(=O)C2Cc3ccccc3C2)c1. The molecular weight excluding hydrogens is 262 g/mol. The number of hydrogen-bond donors (Lipinski definition) is 1. The zero-order valence-corrected chi connectivity index (χ0v) is 11.9. The van der Waals surface area contributed by atoms with Crippen molar-refractivity contribution < 1.29 is 9.59 Å². The summed E-state index contributed by atoms with van der Waals surface area (Å²) in [5.74, 6) is -0.00495. The first-order valence-electron chi connectivity index (χ1n) is 7.12. The number of fused-ring (bicyclic) bond motifs is 1. The second-order valence-electron chi connectivity index (χ2n) is 5.50. The zero-order valence-electron chi connectivity index (χ0n) is 11.9. The van der Waals surface area contributed by atoms with Crippen LogP contribution in [0.2, 0.25) is 0 Å². The number of carbonyl (C=O) groups is 2. The summed E-state index contributed by atoms with van der Waals surface area (Å²) in [7, 11) is 0. The third-order valence-electron chi connectivity index (χ3n) is 3.96. The standard InChI is InChI=1S/C18H17NO2/c1-12(20)13-7-4-8-17(11-13)19-18(21)16-9-14-5-2-3-6-15(14)10-16/h2-8,11,16H,9-10H2,1H3,(H,19,21). The summed E-state index contributed by atoms with van der Waals surface area (Å²) < 4.78 is 0. The third kappa shape index (κ3) is 2.87. The quantitative estimate of drug-likeness (QED) is 0.877. The maximum Gasteiger partial charge on any atom is 0.228 e. The molecule has 0 unspecified atom stereocenters. The van der Waals surface area contributed by atoms with Crippen molar-refractivity contribution in [3.8, 4) is 0 Å². The van der Waals surface area contributed by atoms with Gasteiger partial charge in [0.15, 0.2) is 5.78 Å². The summed E-state index contributed by atoms with van der Waals surface area (Å²) in [4.78, 5) is 23.7. The van der Waals surface area contributed by atoms with E-state index in [9.17, 15) is 9.59 Å². The molecule has 0 saturated heterocycles. The Morgan fingerprint density at radius 1 is 1.00 bits per heavy atom. The van der Waals surface area contributed by atoms with Crippen molar-refractivity contribution in [1.82, 2.24) is 0 Å². The molecule has 0 bridgehead atoms.